The summed E-state index contributed by atoms with van der Waals surface area (Å²) in [6.07, 6.45) is -0.469. The summed E-state index contributed by atoms with van der Waals surface area (Å²) in [4.78, 5) is 10.3. The van der Waals surface area contributed by atoms with Crippen LogP contribution >= 0.6 is 15.9 Å². The van der Waals surface area contributed by atoms with Crippen LogP contribution < -0.4 is 4.72 Å². The van der Waals surface area contributed by atoms with Crippen molar-refractivity contribution in [1.29, 1.82) is 5.26 Å². The van der Waals surface area contributed by atoms with E-state index in [1.54, 1.807) is 0 Å². The van der Waals surface area contributed by atoms with Crippen molar-refractivity contribution in [2.45, 2.75) is 6.42 Å². The molecule has 0 radical (unpaired) electrons. The number of hydrogen-bond donors (Lipinski definition) is 2. The van der Waals surface area contributed by atoms with Crippen molar-refractivity contribution in [2.24, 2.45) is 0 Å². The minimum absolute atomic E-state index is 0.263. The van der Waals surface area contributed by atoms with Gasteiger partial charge >= 0.3 is 5.97 Å². The van der Waals surface area contributed by atoms with Crippen LogP contribution in [-0.4, -0.2) is 25.2 Å². The molecular weight excluding hydrogens is 324 g/mol. The Morgan fingerprint density at radius 3 is 2.67 bits per heavy atom. The number of carboxylic acids is 1. The predicted octanol–water partition coefficient (Wildman–Crippen LogP) is 1.54. The first kappa shape index (κ1) is 14.5. The van der Waals surface area contributed by atoms with Gasteiger partial charge in [0.25, 0.3) is 0 Å². The highest BCUT2D eigenvalue weighted by atomic mass is 79.9. The average molecular weight is 333 g/mol. The number of sulfonamides is 1. The molecule has 0 aliphatic heterocycles. The van der Waals surface area contributed by atoms with E-state index in [4.69, 9.17) is 10.4 Å². The lowest BCUT2D eigenvalue weighted by Gasteiger charge is -2.08. The Morgan fingerprint density at radius 2 is 2.17 bits per heavy atom. The number of carboxylic acid groups (broad SMARTS) is 1. The van der Waals surface area contributed by atoms with E-state index in [9.17, 15) is 13.2 Å². The molecule has 0 spiro atoms. The normalized spacial score (nSPS) is 10.7. The molecule has 1 rings (SSSR count). The van der Waals surface area contributed by atoms with E-state index in [1.165, 1.54) is 18.2 Å². The number of aliphatic carboxylic acids is 1. The molecule has 0 amide bonds. The molecule has 1 aromatic rings. The van der Waals surface area contributed by atoms with Crippen LogP contribution in [0.3, 0.4) is 0 Å². The van der Waals surface area contributed by atoms with E-state index in [0.717, 1.165) is 0 Å². The first-order valence-electron chi connectivity index (χ1n) is 4.76. The Labute approximate surface area is 112 Å². The molecule has 18 heavy (non-hydrogen) atoms. The average Bonchev–Trinajstić information content (AvgIpc) is 2.29. The summed E-state index contributed by atoms with van der Waals surface area (Å²) in [5, 5.41) is 17.1. The van der Waals surface area contributed by atoms with Crippen LogP contribution in [0.1, 0.15) is 12.0 Å². The summed E-state index contributed by atoms with van der Waals surface area (Å²) in [6.45, 7) is 0. The number of halogens is 1. The highest BCUT2D eigenvalue weighted by molar-refractivity contribution is 9.10. The number of nitriles is 1. The second kappa shape index (κ2) is 5.84. The first-order valence-corrected chi connectivity index (χ1v) is 7.20. The largest absolute Gasteiger partial charge is 0.481 e. The molecule has 0 fully saturated rings. The van der Waals surface area contributed by atoms with Gasteiger partial charge in [-0.2, -0.15) is 5.26 Å². The van der Waals surface area contributed by atoms with Gasteiger partial charge in [0, 0.05) is 4.47 Å². The lowest BCUT2D eigenvalue weighted by Crippen LogP contribution is -2.19. The lowest BCUT2D eigenvalue weighted by molar-refractivity contribution is -0.136. The predicted molar refractivity (Wildman–Crippen MR) is 68.5 cm³/mol. The van der Waals surface area contributed by atoms with Gasteiger partial charge in [0.05, 0.1) is 29.5 Å². The molecule has 96 valence electrons. The standard InChI is InChI=1S/C10H9BrN2O4S/c11-8-5-7(6-12)1-2-9(8)13-18(16,17)4-3-10(14)15/h1-2,5,13H,3-4H2,(H,14,15). The highest BCUT2D eigenvalue weighted by Gasteiger charge is 2.14. The number of hydrogen-bond acceptors (Lipinski definition) is 4. The zero-order valence-corrected chi connectivity index (χ0v) is 11.5. The third kappa shape index (κ3) is 4.35. The molecule has 0 aliphatic carbocycles. The quantitative estimate of drug-likeness (QED) is 0.850. The van der Waals surface area contributed by atoms with Gasteiger partial charge in [-0.1, -0.05) is 0 Å². The van der Waals surface area contributed by atoms with E-state index < -0.39 is 28.2 Å². The van der Waals surface area contributed by atoms with Gasteiger partial charge in [-0.25, -0.2) is 8.42 Å². The van der Waals surface area contributed by atoms with Crippen LogP contribution in [0.2, 0.25) is 0 Å². The highest BCUT2D eigenvalue weighted by Crippen LogP contribution is 2.24. The Balaban J connectivity index is 2.85. The van der Waals surface area contributed by atoms with Gasteiger partial charge in [-0.3, -0.25) is 9.52 Å². The topological polar surface area (TPSA) is 107 Å². The summed E-state index contributed by atoms with van der Waals surface area (Å²) in [7, 11) is -3.72. The van der Waals surface area contributed by atoms with Crippen LogP contribution in [0, 0.1) is 11.3 Å². The molecule has 0 unspecified atom stereocenters. The van der Waals surface area contributed by atoms with Gasteiger partial charge in [0.1, 0.15) is 0 Å². The van der Waals surface area contributed by atoms with Crippen LogP contribution in [0.15, 0.2) is 22.7 Å². The fourth-order valence-electron chi connectivity index (χ4n) is 1.11. The number of nitrogens with one attached hydrogen (secondary N) is 1. The Bertz CT molecular complexity index is 607. The van der Waals surface area contributed by atoms with Crippen molar-refractivity contribution < 1.29 is 18.3 Å². The number of rotatable bonds is 5. The van der Waals surface area contributed by atoms with E-state index >= 15 is 0 Å². The van der Waals surface area contributed by atoms with Crippen molar-refractivity contribution >= 4 is 37.6 Å². The van der Waals surface area contributed by atoms with E-state index in [1.807, 2.05) is 6.07 Å². The number of benzene rings is 1. The minimum atomic E-state index is -3.72. The molecular formula is C10H9BrN2O4S. The lowest BCUT2D eigenvalue weighted by atomic mass is 10.2. The van der Waals surface area contributed by atoms with Gasteiger partial charge in [0.2, 0.25) is 10.0 Å². The summed E-state index contributed by atoms with van der Waals surface area (Å²) >= 11 is 3.13. The maximum atomic E-state index is 11.6. The second-order valence-electron chi connectivity index (χ2n) is 3.37. The van der Waals surface area contributed by atoms with Crippen LogP contribution in [0.4, 0.5) is 5.69 Å². The van der Waals surface area contributed by atoms with Crippen LogP contribution in [0.25, 0.3) is 0 Å². The Hall–Kier alpha value is -1.59. The molecule has 0 aliphatic rings. The second-order valence-corrected chi connectivity index (χ2v) is 6.07. The molecule has 1 aromatic carbocycles. The zero-order valence-electron chi connectivity index (χ0n) is 9.05. The van der Waals surface area contributed by atoms with Crippen molar-refractivity contribution in [3.05, 3.63) is 28.2 Å². The molecule has 0 atom stereocenters. The molecule has 0 saturated carbocycles. The van der Waals surface area contributed by atoms with Crippen LogP contribution in [-0.2, 0) is 14.8 Å². The number of carbonyl (C=O) groups is 1. The third-order valence-electron chi connectivity index (χ3n) is 1.95. The van der Waals surface area contributed by atoms with Gasteiger partial charge in [-0.15, -0.1) is 0 Å². The van der Waals surface area contributed by atoms with Gasteiger partial charge in [0.15, 0.2) is 0 Å². The fourth-order valence-corrected chi connectivity index (χ4v) is 2.78. The molecule has 0 saturated heterocycles. The smallest absolute Gasteiger partial charge is 0.304 e. The monoisotopic (exact) mass is 332 g/mol. The number of anilines is 1. The molecule has 0 aromatic heterocycles. The van der Waals surface area contributed by atoms with Gasteiger partial charge in [-0.05, 0) is 34.1 Å². The van der Waals surface area contributed by atoms with Crippen molar-refractivity contribution in [1.82, 2.24) is 0 Å². The molecule has 0 heterocycles. The Kier molecular flexibility index (Phi) is 4.69. The molecule has 8 heteroatoms. The first-order chi connectivity index (χ1) is 8.34. The summed E-state index contributed by atoms with van der Waals surface area (Å²) in [5.74, 6) is -1.69. The third-order valence-corrected chi connectivity index (χ3v) is 3.88. The Morgan fingerprint density at radius 1 is 1.50 bits per heavy atom. The van der Waals surface area contributed by atoms with E-state index in [0.29, 0.717) is 10.0 Å². The maximum Gasteiger partial charge on any atom is 0.304 e. The zero-order chi connectivity index (χ0) is 13.8. The molecule has 2 N–H and O–H groups in total. The number of nitrogens with zero attached hydrogens (tertiary/aromatic N) is 1. The van der Waals surface area contributed by atoms with E-state index in [-0.39, 0.29) is 5.69 Å². The van der Waals surface area contributed by atoms with Gasteiger partial charge < -0.3 is 5.11 Å². The van der Waals surface area contributed by atoms with Crippen molar-refractivity contribution in [3.8, 4) is 6.07 Å². The summed E-state index contributed by atoms with van der Waals surface area (Å²) in [6, 6.07) is 6.27. The summed E-state index contributed by atoms with van der Waals surface area (Å²) in [5.41, 5.74) is 0.648. The van der Waals surface area contributed by atoms with E-state index in [2.05, 4.69) is 20.7 Å². The van der Waals surface area contributed by atoms with Crippen molar-refractivity contribution in [2.75, 3.05) is 10.5 Å². The molecule has 6 nitrogen and oxygen atoms in total. The minimum Gasteiger partial charge on any atom is -0.481 e. The van der Waals surface area contributed by atoms with Crippen LogP contribution in [0.5, 0.6) is 0 Å². The van der Waals surface area contributed by atoms with Crippen molar-refractivity contribution in [3.63, 3.8) is 0 Å². The summed E-state index contributed by atoms with van der Waals surface area (Å²) < 4.78 is 25.8. The molecule has 0 bridgehead atoms. The fraction of sp³-hybridized carbons (Fsp3) is 0.200. The SMILES string of the molecule is N#Cc1ccc(NS(=O)(=O)CCC(=O)O)c(Br)c1. The maximum absolute atomic E-state index is 11.6.